The molecule has 7 nitrogen and oxygen atoms in total. The van der Waals surface area contributed by atoms with Crippen molar-refractivity contribution in [3.05, 3.63) is 46.6 Å². The largest absolute Gasteiger partial charge is 0.379 e. The molecule has 1 N–H and O–H groups in total. The minimum atomic E-state index is -0.0273. The Labute approximate surface area is 205 Å². The summed E-state index contributed by atoms with van der Waals surface area (Å²) in [5, 5.41) is 4.18. The lowest BCUT2D eigenvalue weighted by atomic mass is 10.1. The van der Waals surface area contributed by atoms with E-state index in [0.29, 0.717) is 22.4 Å². The van der Waals surface area contributed by atoms with Crippen molar-refractivity contribution in [2.24, 2.45) is 0 Å². The zero-order valence-electron chi connectivity index (χ0n) is 19.0. The Morgan fingerprint density at radius 1 is 1.06 bits per heavy atom. The average Bonchev–Trinajstić information content (AvgIpc) is 2.86. The van der Waals surface area contributed by atoms with Crippen LogP contribution in [-0.2, 0) is 10.5 Å². The van der Waals surface area contributed by atoms with Gasteiger partial charge in [-0.2, -0.15) is 0 Å². The van der Waals surface area contributed by atoms with Crippen LogP contribution in [0.5, 0.6) is 0 Å². The molecule has 0 spiro atoms. The summed E-state index contributed by atoms with van der Waals surface area (Å²) >= 11 is 7.82. The van der Waals surface area contributed by atoms with Crippen molar-refractivity contribution in [1.29, 1.82) is 0 Å². The van der Waals surface area contributed by atoms with E-state index in [1.165, 1.54) is 19.3 Å². The van der Waals surface area contributed by atoms with Crippen molar-refractivity contribution in [2.45, 2.75) is 36.6 Å². The summed E-state index contributed by atoms with van der Waals surface area (Å²) in [6.07, 6.45) is 4.61. The molecular formula is C24H32ClN5O2S. The Kier molecular flexibility index (Phi) is 9.23. The highest BCUT2D eigenvalue weighted by Crippen LogP contribution is 2.26. The molecule has 0 atom stereocenters. The van der Waals surface area contributed by atoms with Crippen molar-refractivity contribution in [3.8, 4) is 0 Å². The summed E-state index contributed by atoms with van der Waals surface area (Å²) in [7, 11) is 0. The summed E-state index contributed by atoms with van der Waals surface area (Å²) in [4.78, 5) is 26.2. The van der Waals surface area contributed by atoms with E-state index in [0.717, 1.165) is 69.5 Å². The molecule has 0 unspecified atom stereocenters. The molecule has 33 heavy (non-hydrogen) atoms. The van der Waals surface area contributed by atoms with Crippen LogP contribution in [0.1, 0.15) is 41.6 Å². The third-order valence-electron chi connectivity index (χ3n) is 5.97. The molecule has 2 fully saturated rings. The zero-order chi connectivity index (χ0) is 22.9. The molecule has 1 aromatic carbocycles. The maximum Gasteiger partial charge on any atom is 0.251 e. The number of benzene rings is 1. The number of piperidine rings is 1. The van der Waals surface area contributed by atoms with Crippen LogP contribution in [0, 0.1) is 0 Å². The summed E-state index contributed by atoms with van der Waals surface area (Å²) in [5.74, 6) is 1.61. The lowest BCUT2D eigenvalue weighted by Gasteiger charge is -2.27. The van der Waals surface area contributed by atoms with Crippen LogP contribution in [0.4, 0.5) is 5.82 Å². The van der Waals surface area contributed by atoms with E-state index in [9.17, 15) is 4.79 Å². The maximum atomic E-state index is 12.4. The number of morpholine rings is 1. The molecule has 9 heteroatoms. The zero-order valence-corrected chi connectivity index (χ0v) is 20.5. The summed E-state index contributed by atoms with van der Waals surface area (Å²) in [6, 6.07) is 9.60. The first-order valence-electron chi connectivity index (χ1n) is 11.8. The van der Waals surface area contributed by atoms with Gasteiger partial charge >= 0.3 is 0 Å². The van der Waals surface area contributed by atoms with Crippen LogP contribution in [0.15, 0.2) is 35.5 Å². The average molecular weight is 490 g/mol. The van der Waals surface area contributed by atoms with Crippen molar-refractivity contribution in [1.82, 2.24) is 20.2 Å². The van der Waals surface area contributed by atoms with Gasteiger partial charge in [0.1, 0.15) is 11.0 Å². The maximum absolute atomic E-state index is 12.4. The van der Waals surface area contributed by atoms with E-state index in [1.807, 2.05) is 30.3 Å². The number of thioether (sulfide) groups is 1. The van der Waals surface area contributed by atoms with Gasteiger partial charge < -0.3 is 15.0 Å². The SMILES string of the molecule is O=C(NCCCN1CCOCC1)c1ccc(CSc2nc(Cl)cc(N3CCCCC3)n2)cc1. The number of anilines is 1. The molecular weight excluding hydrogens is 458 g/mol. The number of halogens is 1. The molecule has 0 radical (unpaired) electrons. The first-order chi connectivity index (χ1) is 16.2. The Hall–Kier alpha value is -1.87. The number of amides is 1. The second kappa shape index (κ2) is 12.6. The predicted octanol–water partition coefficient (Wildman–Crippen LogP) is 3.86. The Bertz CT molecular complexity index is 902. The van der Waals surface area contributed by atoms with E-state index in [-0.39, 0.29) is 5.91 Å². The monoisotopic (exact) mass is 489 g/mol. The number of hydrogen-bond acceptors (Lipinski definition) is 7. The first kappa shape index (κ1) is 24.3. The van der Waals surface area contributed by atoms with Crippen LogP contribution in [0.2, 0.25) is 5.15 Å². The number of ether oxygens (including phenoxy) is 1. The van der Waals surface area contributed by atoms with Gasteiger partial charge in [0.2, 0.25) is 0 Å². The second-order valence-electron chi connectivity index (χ2n) is 8.43. The molecule has 2 saturated heterocycles. The number of rotatable bonds is 9. The fourth-order valence-electron chi connectivity index (χ4n) is 4.07. The predicted molar refractivity (Wildman–Crippen MR) is 133 cm³/mol. The van der Waals surface area contributed by atoms with E-state index >= 15 is 0 Å². The van der Waals surface area contributed by atoms with E-state index in [2.05, 4.69) is 20.1 Å². The molecule has 0 aliphatic carbocycles. The Morgan fingerprint density at radius 3 is 2.58 bits per heavy atom. The first-order valence-corrected chi connectivity index (χ1v) is 13.1. The molecule has 4 rings (SSSR count). The van der Waals surface area contributed by atoms with E-state index in [1.54, 1.807) is 11.8 Å². The van der Waals surface area contributed by atoms with Gasteiger partial charge in [-0.15, -0.1) is 0 Å². The van der Waals surface area contributed by atoms with Crippen LogP contribution in [0.3, 0.4) is 0 Å². The quantitative estimate of drug-likeness (QED) is 0.248. The molecule has 2 aliphatic rings. The van der Waals surface area contributed by atoms with E-state index < -0.39 is 0 Å². The Morgan fingerprint density at radius 2 is 1.82 bits per heavy atom. The molecule has 1 aromatic heterocycles. The van der Waals surface area contributed by atoms with Gasteiger partial charge in [-0.3, -0.25) is 9.69 Å². The third-order valence-corrected chi connectivity index (χ3v) is 7.08. The van der Waals surface area contributed by atoms with Gasteiger partial charge in [0.25, 0.3) is 5.91 Å². The highest BCUT2D eigenvalue weighted by atomic mass is 35.5. The summed E-state index contributed by atoms with van der Waals surface area (Å²) < 4.78 is 5.36. The normalized spacial score (nSPS) is 17.2. The summed E-state index contributed by atoms with van der Waals surface area (Å²) in [6.45, 7) is 7.28. The van der Waals surface area contributed by atoms with Crippen LogP contribution in [0.25, 0.3) is 0 Å². The number of nitrogens with one attached hydrogen (secondary N) is 1. The Balaban J connectivity index is 1.23. The van der Waals surface area contributed by atoms with Gasteiger partial charge in [0, 0.05) is 50.1 Å². The summed E-state index contributed by atoms with van der Waals surface area (Å²) in [5.41, 5.74) is 1.80. The van der Waals surface area contributed by atoms with Gasteiger partial charge in [-0.25, -0.2) is 9.97 Å². The smallest absolute Gasteiger partial charge is 0.251 e. The van der Waals surface area contributed by atoms with Crippen LogP contribution in [-0.4, -0.2) is 73.3 Å². The minimum absolute atomic E-state index is 0.0273. The second-order valence-corrected chi connectivity index (χ2v) is 9.76. The number of aromatic nitrogens is 2. The van der Waals surface area contributed by atoms with Gasteiger partial charge in [0.15, 0.2) is 5.16 Å². The standard InChI is InChI=1S/C24H32ClN5O2S/c25-21-17-22(30-11-2-1-3-12-30)28-24(27-21)33-18-19-5-7-20(8-6-19)23(31)26-9-4-10-29-13-15-32-16-14-29/h5-8,17H,1-4,9-16,18H2,(H,26,31). The molecule has 0 saturated carbocycles. The van der Waals surface area contributed by atoms with E-state index in [4.69, 9.17) is 21.3 Å². The van der Waals surface area contributed by atoms with Crippen molar-refractivity contribution >= 4 is 35.1 Å². The molecule has 3 heterocycles. The van der Waals surface area contributed by atoms with Crippen LogP contribution >= 0.6 is 23.4 Å². The molecule has 2 aliphatic heterocycles. The highest BCUT2D eigenvalue weighted by Gasteiger charge is 2.15. The fourth-order valence-corrected chi connectivity index (χ4v) is 5.10. The topological polar surface area (TPSA) is 70.6 Å². The minimum Gasteiger partial charge on any atom is -0.379 e. The number of nitrogens with zero attached hydrogens (tertiary/aromatic N) is 4. The van der Waals surface area contributed by atoms with Crippen LogP contribution < -0.4 is 10.2 Å². The lowest BCUT2D eigenvalue weighted by Crippen LogP contribution is -2.38. The van der Waals surface area contributed by atoms with Gasteiger partial charge in [-0.1, -0.05) is 35.5 Å². The van der Waals surface area contributed by atoms with Gasteiger partial charge in [0.05, 0.1) is 13.2 Å². The number of hydrogen-bond donors (Lipinski definition) is 1. The molecule has 1 amide bonds. The number of carbonyl (C=O) groups is 1. The van der Waals surface area contributed by atoms with Crippen molar-refractivity contribution < 1.29 is 9.53 Å². The third kappa shape index (κ3) is 7.57. The fraction of sp³-hybridized carbons (Fsp3) is 0.542. The van der Waals surface area contributed by atoms with Crippen molar-refractivity contribution in [2.75, 3.05) is 57.4 Å². The highest BCUT2D eigenvalue weighted by molar-refractivity contribution is 7.98. The number of carbonyl (C=O) groups excluding carboxylic acids is 1. The molecule has 178 valence electrons. The lowest BCUT2D eigenvalue weighted by molar-refractivity contribution is 0.0374. The van der Waals surface area contributed by atoms with Crippen molar-refractivity contribution in [3.63, 3.8) is 0 Å². The molecule has 2 aromatic rings. The molecule has 0 bridgehead atoms. The van der Waals surface area contributed by atoms with Gasteiger partial charge in [-0.05, 0) is 49.9 Å².